The molecule has 2 aliphatic carbocycles. The highest BCUT2D eigenvalue weighted by molar-refractivity contribution is 5.81. The fraction of sp³-hybridized carbons (Fsp3) is 0.588. The maximum absolute atomic E-state index is 12.9. The molecule has 4 heteroatoms. The number of halogens is 1. The van der Waals surface area contributed by atoms with Crippen molar-refractivity contribution in [3.63, 3.8) is 0 Å². The standard InChI is InChI=1S/C17H22FNO2/c1-2-16(21-14-7-5-13(18)6-8-14)17(20)19-15-10-11-3-4-12(15)9-11/h5-8,11-12,15-16H,2-4,9-10H2,1H3,(H,19,20)/t11-,12-,15+,16+/m0/s1. The third-order valence-corrected chi connectivity index (χ3v) is 4.82. The van der Waals surface area contributed by atoms with Crippen LogP contribution in [0.15, 0.2) is 24.3 Å². The molecule has 0 saturated heterocycles. The molecule has 4 atom stereocenters. The number of hydrogen-bond acceptors (Lipinski definition) is 2. The molecule has 114 valence electrons. The molecule has 1 amide bonds. The molecule has 0 aromatic heterocycles. The average Bonchev–Trinajstić information content (AvgIpc) is 3.09. The molecule has 1 N–H and O–H groups in total. The van der Waals surface area contributed by atoms with Crippen LogP contribution in [-0.2, 0) is 4.79 Å². The van der Waals surface area contributed by atoms with Crippen LogP contribution in [0, 0.1) is 17.7 Å². The zero-order valence-electron chi connectivity index (χ0n) is 12.3. The Morgan fingerprint density at radius 3 is 2.67 bits per heavy atom. The Balaban J connectivity index is 1.57. The summed E-state index contributed by atoms with van der Waals surface area (Å²) >= 11 is 0. The van der Waals surface area contributed by atoms with Crippen molar-refractivity contribution in [2.45, 2.75) is 51.2 Å². The van der Waals surface area contributed by atoms with Gasteiger partial charge in [-0.05, 0) is 61.8 Å². The van der Waals surface area contributed by atoms with Crippen LogP contribution in [0.2, 0.25) is 0 Å². The summed E-state index contributed by atoms with van der Waals surface area (Å²) in [6, 6.07) is 6.12. The molecular formula is C17H22FNO2. The molecule has 1 aromatic carbocycles. The monoisotopic (exact) mass is 291 g/mol. The van der Waals surface area contributed by atoms with Crippen LogP contribution in [0.3, 0.4) is 0 Å². The van der Waals surface area contributed by atoms with Gasteiger partial charge in [0.1, 0.15) is 11.6 Å². The van der Waals surface area contributed by atoms with Gasteiger partial charge < -0.3 is 10.1 Å². The number of nitrogens with one attached hydrogen (secondary N) is 1. The molecule has 21 heavy (non-hydrogen) atoms. The average molecular weight is 291 g/mol. The van der Waals surface area contributed by atoms with E-state index in [0.29, 0.717) is 24.1 Å². The Bertz CT molecular complexity index is 502. The van der Waals surface area contributed by atoms with E-state index < -0.39 is 6.10 Å². The minimum atomic E-state index is -0.505. The van der Waals surface area contributed by atoms with E-state index in [2.05, 4.69) is 5.32 Å². The summed E-state index contributed by atoms with van der Waals surface area (Å²) < 4.78 is 18.6. The first-order valence-electron chi connectivity index (χ1n) is 7.88. The lowest BCUT2D eigenvalue weighted by Gasteiger charge is -2.25. The van der Waals surface area contributed by atoms with Gasteiger partial charge in [0.05, 0.1) is 0 Å². The summed E-state index contributed by atoms with van der Waals surface area (Å²) in [5.74, 6) is 1.65. The van der Waals surface area contributed by atoms with Gasteiger partial charge in [-0.1, -0.05) is 13.3 Å². The lowest BCUT2D eigenvalue weighted by molar-refractivity contribution is -0.129. The summed E-state index contributed by atoms with van der Waals surface area (Å²) in [7, 11) is 0. The maximum atomic E-state index is 12.9. The Morgan fingerprint density at radius 1 is 1.33 bits per heavy atom. The summed E-state index contributed by atoms with van der Waals surface area (Å²) in [5, 5.41) is 3.15. The number of rotatable bonds is 5. The molecule has 2 saturated carbocycles. The van der Waals surface area contributed by atoms with Crippen molar-refractivity contribution in [1.29, 1.82) is 0 Å². The molecular weight excluding hydrogens is 269 g/mol. The first kappa shape index (κ1) is 14.4. The molecule has 3 rings (SSSR count). The van der Waals surface area contributed by atoms with Gasteiger partial charge in [-0.25, -0.2) is 4.39 Å². The van der Waals surface area contributed by atoms with E-state index in [0.717, 1.165) is 12.3 Å². The molecule has 2 fully saturated rings. The van der Waals surface area contributed by atoms with Gasteiger partial charge in [0, 0.05) is 6.04 Å². The van der Waals surface area contributed by atoms with Crippen molar-refractivity contribution in [2.75, 3.05) is 0 Å². The van der Waals surface area contributed by atoms with Crippen molar-refractivity contribution < 1.29 is 13.9 Å². The van der Waals surface area contributed by atoms with Crippen LogP contribution >= 0.6 is 0 Å². The van der Waals surface area contributed by atoms with Crippen LogP contribution in [-0.4, -0.2) is 18.1 Å². The van der Waals surface area contributed by atoms with Crippen LogP contribution in [0.1, 0.15) is 39.0 Å². The quantitative estimate of drug-likeness (QED) is 0.904. The number of hydrogen-bond donors (Lipinski definition) is 1. The Morgan fingerprint density at radius 2 is 2.10 bits per heavy atom. The van der Waals surface area contributed by atoms with Gasteiger partial charge in [0.15, 0.2) is 6.10 Å². The number of amides is 1. The maximum Gasteiger partial charge on any atom is 0.261 e. The molecule has 2 aliphatic rings. The van der Waals surface area contributed by atoms with Crippen LogP contribution in [0.4, 0.5) is 4.39 Å². The van der Waals surface area contributed by atoms with Crippen molar-refractivity contribution in [2.24, 2.45) is 11.8 Å². The van der Waals surface area contributed by atoms with Crippen LogP contribution in [0.25, 0.3) is 0 Å². The highest BCUT2D eigenvalue weighted by Crippen LogP contribution is 2.44. The van der Waals surface area contributed by atoms with Crippen molar-refractivity contribution in [3.05, 3.63) is 30.1 Å². The van der Waals surface area contributed by atoms with Crippen molar-refractivity contribution in [1.82, 2.24) is 5.32 Å². The lowest BCUT2D eigenvalue weighted by Crippen LogP contribution is -2.45. The zero-order valence-corrected chi connectivity index (χ0v) is 12.3. The summed E-state index contributed by atoms with van der Waals surface area (Å²) in [6.07, 6.45) is 5.04. The first-order valence-corrected chi connectivity index (χ1v) is 7.88. The first-order chi connectivity index (χ1) is 10.2. The predicted octanol–water partition coefficient (Wildman–Crippen LogP) is 3.29. The van der Waals surface area contributed by atoms with Gasteiger partial charge in [-0.3, -0.25) is 4.79 Å². The third kappa shape index (κ3) is 3.20. The van der Waals surface area contributed by atoms with Gasteiger partial charge in [-0.2, -0.15) is 0 Å². The Hall–Kier alpha value is -1.58. The minimum Gasteiger partial charge on any atom is -0.481 e. The fourth-order valence-electron chi connectivity index (χ4n) is 3.70. The topological polar surface area (TPSA) is 38.3 Å². The number of carbonyl (C=O) groups is 1. The van der Waals surface area contributed by atoms with Crippen LogP contribution in [0.5, 0.6) is 5.75 Å². The van der Waals surface area contributed by atoms with E-state index in [4.69, 9.17) is 4.74 Å². The molecule has 0 radical (unpaired) electrons. The van der Waals surface area contributed by atoms with E-state index >= 15 is 0 Å². The van der Waals surface area contributed by atoms with Gasteiger partial charge in [-0.15, -0.1) is 0 Å². The third-order valence-electron chi connectivity index (χ3n) is 4.82. The molecule has 0 aliphatic heterocycles. The summed E-state index contributed by atoms with van der Waals surface area (Å²) in [6.45, 7) is 1.93. The van der Waals surface area contributed by atoms with Crippen LogP contribution < -0.4 is 10.1 Å². The van der Waals surface area contributed by atoms with Gasteiger partial charge >= 0.3 is 0 Å². The number of benzene rings is 1. The summed E-state index contributed by atoms with van der Waals surface area (Å²) in [5.41, 5.74) is 0. The molecule has 1 aromatic rings. The highest BCUT2D eigenvalue weighted by Gasteiger charge is 2.40. The van der Waals surface area contributed by atoms with Crippen molar-refractivity contribution >= 4 is 5.91 Å². The lowest BCUT2D eigenvalue weighted by atomic mass is 9.95. The largest absolute Gasteiger partial charge is 0.481 e. The second-order valence-corrected chi connectivity index (χ2v) is 6.26. The molecule has 0 spiro atoms. The highest BCUT2D eigenvalue weighted by atomic mass is 19.1. The Labute approximate surface area is 124 Å². The van der Waals surface area contributed by atoms with E-state index in [9.17, 15) is 9.18 Å². The fourth-order valence-corrected chi connectivity index (χ4v) is 3.70. The van der Waals surface area contributed by atoms with E-state index in [-0.39, 0.29) is 11.7 Å². The zero-order chi connectivity index (χ0) is 14.8. The number of carbonyl (C=O) groups excluding carboxylic acids is 1. The smallest absolute Gasteiger partial charge is 0.261 e. The van der Waals surface area contributed by atoms with Gasteiger partial charge in [0.25, 0.3) is 5.91 Å². The predicted molar refractivity (Wildman–Crippen MR) is 78.5 cm³/mol. The van der Waals surface area contributed by atoms with E-state index in [1.807, 2.05) is 6.92 Å². The second kappa shape index (κ2) is 6.04. The minimum absolute atomic E-state index is 0.0422. The molecule has 3 nitrogen and oxygen atoms in total. The van der Waals surface area contributed by atoms with E-state index in [1.54, 1.807) is 12.1 Å². The second-order valence-electron chi connectivity index (χ2n) is 6.26. The Kier molecular flexibility index (Phi) is 4.13. The molecule has 0 heterocycles. The molecule has 0 unspecified atom stereocenters. The van der Waals surface area contributed by atoms with Crippen molar-refractivity contribution in [3.8, 4) is 5.75 Å². The van der Waals surface area contributed by atoms with Gasteiger partial charge in [0.2, 0.25) is 0 Å². The SMILES string of the molecule is CC[C@@H](Oc1ccc(F)cc1)C(=O)N[C@@H]1C[C@H]2CC[C@H]1C2. The summed E-state index contributed by atoms with van der Waals surface area (Å²) in [4.78, 5) is 12.4. The van der Waals surface area contributed by atoms with E-state index in [1.165, 1.54) is 31.4 Å². The normalized spacial score (nSPS) is 28.4. The number of fused-ring (bicyclic) bond motifs is 2. The number of ether oxygens (including phenoxy) is 1. The molecule has 2 bridgehead atoms.